The fraction of sp³-hybridized carbons (Fsp3) is 0.929. The van der Waals surface area contributed by atoms with Gasteiger partial charge in [0.2, 0.25) is 0 Å². The number of aliphatic hydroxyl groups is 1. The van der Waals surface area contributed by atoms with Crippen molar-refractivity contribution in [3.63, 3.8) is 0 Å². The van der Waals surface area contributed by atoms with Crippen molar-refractivity contribution < 1.29 is 20.7 Å². The molecule has 2 saturated heterocycles. The molecule has 2 unspecified atom stereocenters. The SMILES string of the molecule is [2H]C1COCCN1C1C[C@H](CO)N(C(=O)OC(C)(C)C)C1. The Bertz CT molecular complexity index is 374. The average molecular weight is 287 g/mol. The van der Waals surface area contributed by atoms with Crippen LogP contribution < -0.4 is 0 Å². The lowest BCUT2D eigenvalue weighted by molar-refractivity contribution is 0.0104. The molecule has 2 heterocycles. The van der Waals surface area contributed by atoms with Crippen LogP contribution in [-0.4, -0.2) is 78.1 Å². The van der Waals surface area contributed by atoms with E-state index in [4.69, 9.17) is 10.8 Å². The first-order valence-corrected chi connectivity index (χ1v) is 7.18. The lowest BCUT2D eigenvalue weighted by atomic mass is 10.1. The van der Waals surface area contributed by atoms with E-state index in [1.165, 1.54) is 0 Å². The second-order valence-electron chi connectivity index (χ2n) is 6.35. The van der Waals surface area contributed by atoms with Gasteiger partial charge in [-0.3, -0.25) is 4.90 Å². The molecule has 2 aliphatic rings. The van der Waals surface area contributed by atoms with Gasteiger partial charge in [0.05, 0.1) is 25.9 Å². The van der Waals surface area contributed by atoms with Gasteiger partial charge in [-0.25, -0.2) is 4.79 Å². The molecular formula is C14H26N2O4. The molecule has 2 aliphatic heterocycles. The molecule has 3 atom stereocenters. The Balaban J connectivity index is 2.01. The van der Waals surface area contributed by atoms with Crippen LogP contribution >= 0.6 is 0 Å². The topological polar surface area (TPSA) is 62.2 Å². The first-order chi connectivity index (χ1) is 9.81. The van der Waals surface area contributed by atoms with Gasteiger partial charge in [-0.15, -0.1) is 0 Å². The van der Waals surface area contributed by atoms with Crippen molar-refractivity contribution in [2.45, 2.75) is 44.9 Å². The third-order valence-corrected chi connectivity index (χ3v) is 3.62. The van der Waals surface area contributed by atoms with Crippen LogP contribution in [0, 0.1) is 0 Å². The average Bonchev–Trinajstić information content (AvgIpc) is 2.81. The standard InChI is InChI=1S/C14H26N2O4/c1-14(2,3)20-13(18)16-9-11(8-12(16)10-17)15-4-6-19-7-5-15/h11-12,17H,4-10H2,1-3H3/t11?,12-/m1/s1/i4D/t4?,11?,12-. The van der Waals surface area contributed by atoms with E-state index < -0.39 is 12.1 Å². The van der Waals surface area contributed by atoms with Crippen molar-refractivity contribution in [1.29, 1.82) is 0 Å². The first-order valence-electron chi connectivity index (χ1n) is 7.76. The maximum absolute atomic E-state index is 12.2. The summed E-state index contributed by atoms with van der Waals surface area (Å²) in [6.07, 6.45) is 0.282. The predicted molar refractivity (Wildman–Crippen MR) is 74.6 cm³/mol. The van der Waals surface area contributed by atoms with Crippen molar-refractivity contribution in [2.24, 2.45) is 0 Å². The minimum atomic E-state index is -0.550. The van der Waals surface area contributed by atoms with Crippen LogP contribution in [0.1, 0.15) is 28.6 Å². The number of carbonyl (C=O) groups is 1. The maximum Gasteiger partial charge on any atom is 0.410 e. The van der Waals surface area contributed by atoms with Crippen molar-refractivity contribution in [3.05, 3.63) is 0 Å². The third kappa shape index (κ3) is 3.84. The van der Waals surface area contributed by atoms with Crippen LogP contribution in [0.25, 0.3) is 0 Å². The van der Waals surface area contributed by atoms with E-state index in [1.54, 1.807) is 4.90 Å². The summed E-state index contributed by atoms with van der Waals surface area (Å²) in [5, 5.41) is 9.53. The molecule has 0 bridgehead atoms. The summed E-state index contributed by atoms with van der Waals surface area (Å²) in [7, 11) is 0. The molecule has 6 nitrogen and oxygen atoms in total. The Morgan fingerprint density at radius 3 is 2.85 bits per heavy atom. The van der Waals surface area contributed by atoms with Crippen LogP contribution in [0.15, 0.2) is 0 Å². The van der Waals surface area contributed by atoms with Crippen LogP contribution in [0.2, 0.25) is 0 Å². The number of morpholine rings is 1. The number of rotatable bonds is 2. The smallest absolute Gasteiger partial charge is 0.410 e. The second kappa shape index (κ2) is 6.28. The number of amides is 1. The highest BCUT2D eigenvalue weighted by Crippen LogP contribution is 2.25. The molecule has 2 rings (SSSR count). The summed E-state index contributed by atoms with van der Waals surface area (Å²) in [6, 6.07) is -0.152. The van der Waals surface area contributed by atoms with Gasteiger partial charge in [0.25, 0.3) is 0 Å². The fourth-order valence-corrected chi connectivity index (χ4v) is 2.67. The number of aliphatic hydroxyl groups excluding tert-OH is 1. The minimum absolute atomic E-state index is 0.0806. The molecule has 20 heavy (non-hydrogen) atoms. The van der Waals surface area contributed by atoms with Crippen molar-refractivity contribution in [3.8, 4) is 0 Å². The van der Waals surface area contributed by atoms with E-state index in [9.17, 15) is 9.90 Å². The quantitative estimate of drug-likeness (QED) is 0.809. The van der Waals surface area contributed by atoms with E-state index in [-0.39, 0.29) is 24.8 Å². The highest BCUT2D eigenvalue weighted by atomic mass is 16.6. The summed E-state index contributed by atoms with van der Waals surface area (Å²) in [6.45, 7) is 7.20. The normalized spacial score (nSPS) is 33.1. The summed E-state index contributed by atoms with van der Waals surface area (Å²) in [4.78, 5) is 15.9. The molecule has 1 N–H and O–H groups in total. The molecular weight excluding hydrogens is 260 g/mol. The summed E-state index contributed by atoms with van der Waals surface area (Å²) in [5.74, 6) is 0. The second-order valence-corrected chi connectivity index (χ2v) is 6.35. The summed E-state index contributed by atoms with van der Waals surface area (Å²) in [5.41, 5.74) is -0.550. The van der Waals surface area contributed by atoms with Gasteiger partial charge < -0.3 is 19.5 Å². The fourth-order valence-electron chi connectivity index (χ4n) is 2.67. The molecule has 6 heteroatoms. The number of nitrogens with zero attached hydrogens (tertiary/aromatic N) is 2. The largest absolute Gasteiger partial charge is 0.444 e. The zero-order chi connectivity index (χ0) is 15.6. The molecule has 0 aliphatic carbocycles. The minimum Gasteiger partial charge on any atom is -0.444 e. The van der Waals surface area contributed by atoms with Crippen LogP contribution in [0.5, 0.6) is 0 Å². The van der Waals surface area contributed by atoms with Gasteiger partial charge in [0.15, 0.2) is 0 Å². The molecule has 116 valence electrons. The zero-order valence-corrected chi connectivity index (χ0v) is 12.5. The Kier molecular flexibility index (Phi) is 4.43. The van der Waals surface area contributed by atoms with Crippen molar-refractivity contribution >= 4 is 6.09 Å². The molecule has 0 saturated carbocycles. The molecule has 0 aromatic rings. The molecule has 0 aromatic carbocycles. The highest BCUT2D eigenvalue weighted by Gasteiger charge is 2.39. The Hall–Kier alpha value is -0.850. The maximum atomic E-state index is 12.2. The van der Waals surface area contributed by atoms with Crippen LogP contribution in [0.3, 0.4) is 0 Å². The zero-order valence-electron chi connectivity index (χ0n) is 13.5. The van der Waals surface area contributed by atoms with Gasteiger partial charge in [0, 0.05) is 27.0 Å². The number of likely N-dealkylation sites (tertiary alicyclic amines) is 1. The van der Waals surface area contributed by atoms with Gasteiger partial charge in [-0.05, 0) is 27.2 Å². The monoisotopic (exact) mass is 287 g/mol. The summed E-state index contributed by atoms with van der Waals surface area (Å²) < 4.78 is 18.7. The lowest BCUT2D eigenvalue weighted by Crippen LogP contribution is -2.46. The Morgan fingerprint density at radius 1 is 1.50 bits per heavy atom. The van der Waals surface area contributed by atoms with Crippen molar-refractivity contribution in [2.75, 3.05) is 39.4 Å². The highest BCUT2D eigenvalue weighted by molar-refractivity contribution is 5.69. The number of carbonyl (C=O) groups excluding carboxylic acids is 1. The van der Waals surface area contributed by atoms with Gasteiger partial charge in [-0.1, -0.05) is 0 Å². The van der Waals surface area contributed by atoms with E-state index in [1.807, 2.05) is 20.8 Å². The number of hydrogen-bond donors (Lipinski definition) is 1. The third-order valence-electron chi connectivity index (χ3n) is 3.62. The van der Waals surface area contributed by atoms with Gasteiger partial charge >= 0.3 is 6.09 Å². The van der Waals surface area contributed by atoms with E-state index in [0.717, 1.165) is 0 Å². The molecule has 0 spiro atoms. The van der Waals surface area contributed by atoms with Crippen molar-refractivity contribution in [1.82, 2.24) is 9.80 Å². The summed E-state index contributed by atoms with van der Waals surface area (Å²) >= 11 is 0. The Morgan fingerprint density at radius 2 is 2.25 bits per heavy atom. The van der Waals surface area contributed by atoms with Gasteiger partial charge in [-0.2, -0.15) is 0 Å². The van der Waals surface area contributed by atoms with Crippen LogP contribution in [0.4, 0.5) is 4.79 Å². The first kappa shape index (κ1) is 14.1. The number of hydrogen-bond acceptors (Lipinski definition) is 5. The number of ether oxygens (including phenoxy) is 2. The van der Waals surface area contributed by atoms with Crippen LogP contribution in [-0.2, 0) is 9.47 Å². The van der Waals surface area contributed by atoms with E-state index in [2.05, 4.69) is 4.90 Å². The molecule has 1 amide bonds. The van der Waals surface area contributed by atoms with E-state index >= 15 is 0 Å². The van der Waals surface area contributed by atoms with E-state index in [0.29, 0.717) is 32.7 Å². The predicted octanol–water partition coefficient (Wildman–Crippen LogP) is 0.689. The molecule has 2 fully saturated rings. The molecule has 0 radical (unpaired) electrons. The Labute approximate surface area is 122 Å². The molecule has 0 aromatic heterocycles. The lowest BCUT2D eigenvalue weighted by Gasteiger charge is -2.32. The van der Waals surface area contributed by atoms with Gasteiger partial charge in [0.1, 0.15) is 5.60 Å².